The highest BCUT2D eigenvalue weighted by molar-refractivity contribution is 5.42. The van der Waals surface area contributed by atoms with Crippen molar-refractivity contribution >= 4 is 0 Å². The smallest absolute Gasteiger partial charge is 0.122 e. The second-order valence-electron chi connectivity index (χ2n) is 4.19. The summed E-state index contributed by atoms with van der Waals surface area (Å²) in [6.45, 7) is 6.09. The molecule has 1 atom stereocenters. The molecule has 0 aliphatic heterocycles. The average Bonchev–Trinajstić information content (AvgIpc) is 2.07. The first-order valence-electron chi connectivity index (χ1n) is 5.08. The van der Waals surface area contributed by atoms with E-state index in [0.717, 1.165) is 17.5 Å². The lowest BCUT2D eigenvalue weighted by Gasteiger charge is -2.13. The highest BCUT2D eigenvalue weighted by atomic mass is 16.3. The van der Waals surface area contributed by atoms with Gasteiger partial charge in [-0.25, -0.2) is 0 Å². The molecule has 0 bridgehead atoms. The summed E-state index contributed by atoms with van der Waals surface area (Å²) in [4.78, 5) is 0. The Morgan fingerprint density at radius 1 is 1.29 bits per heavy atom. The van der Waals surface area contributed by atoms with Crippen LogP contribution < -0.4 is 5.73 Å². The third-order valence-electron chi connectivity index (χ3n) is 2.31. The van der Waals surface area contributed by atoms with Crippen LogP contribution in [0.15, 0.2) is 18.2 Å². The minimum Gasteiger partial charge on any atom is -0.507 e. The molecule has 1 unspecified atom stereocenters. The van der Waals surface area contributed by atoms with Gasteiger partial charge in [0.2, 0.25) is 0 Å². The molecule has 0 heterocycles. The van der Waals surface area contributed by atoms with Crippen LogP contribution in [0.25, 0.3) is 0 Å². The summed E-state index contributed by atoms with van der Waals surface area (Å²) >= 11 is 0. The van der Waals surface area contributed by atoms with Crippen molar-refractivity contribution in [2.45, 2.75) is 39.2 Å². The molecule has 0 fully saturated rings. The monoisotopic (exact) mass is 193 g/mol. The summed E-state index contributed by atoms with van der Waals surface area (Å²) in [6.07, 6.45) is 0.729. The molecular formula is C12H19NO. The third-order valence-corrected chi connectivity index (χ3v) is 2.31. The number of phenolic OH excluding ortho intramolecular Hbond substituents is 1. The van der Waals surface area contributed by atoms with Crippen molar-refractivity contribution in [3.05, 3.63) is 29.3 Å². The molecule has 1 aromatic carbocycles. The van der Waals surface area contributed by atoms with E-state index in [1.54, 1.807) is 0 Å². The van der Waals surface area contributed by atoms with E-state index in [4.69, 9.17) is 5.73 Å². The van der Waals surface area contributed by atoms with Crippen LogP contribution in [0.4, 0.5) is 0 Å². The predicted molar refractivity (Wildman–Crippen MR) is 59.5 cm³/mol. The Balaban J connectivity index is 3.01. The van der Waals surface area contributed by atoms with Gasteiger partial charge in [-0.3, -0.25) is 0 Å². The van der Waals surface area contributed by atoms with Crippen LogP contribution in [0.3, 0.4) is 0 Å². The van der Waals surface area contributed by atoms with Gasteiger partial charge >= 0.3 is 0 Å². The van der Waals surface area contributed by atoms with Crippen molar-refractivity contribution in [1.29, 1.82) is 0 Å². The minimum absolute atomic E-state index is 0.0864. The summed E-state index contributed by atoms with van der Waals surface area (Å²) in [5.74, 6) is 0.767. The molecule has 0 spiro atoms. The van der Waals surface area contributed by atoms with Gasteiger partial charge in [0.1, 0.15) is 5.75 Å². The third kappa shape index (κ3) is 2.48. The van der Waals surface area contributed by atoms with Gasteiger partial charge in [-0.05, 0) is 30.4 Å². The first-order chi connectivity index (χ1) is 6.52. The van der Waals surface area contributed by atoms with Crippen LogP contribution in [0.1, 0.15) is 37.8 Å². The van der Waals surface area contributed by atoms with Gasteiger partial charge in [-0.2, -0.15) is 0 Å². The molecule has 78 valence electrons. The quantitative estimate of drug-likeness (QED) is 0.774. The van der Waals surface area contributed by atoms with E-state index in [1.807, 2.05) is 25.1 Å². The zero-order chi connectivity index (χ0) is 10.7. The molecule has 1 rings (SSSR count). The number of hydrogen-bond donors (Lipinski definition) is 2. The van der Waals surface area contributed by atoms with Gasteiger partial charge in [0, 0.05) is 6.04 Å². The SMILES string of the molecule is CC(N)Cc1cccc(C(C)C)c1O. The number of nitrogens with two attached hydrogens (primary N) is 1. The maximum atomic E-state index is 9.95. The van der Waals surface area contributed by atoms with Crippen LogP contribution >= 0.6 is 0 Å². The number of phenols is 1. The summed E-state index contributed by atoms with van der Waals surface area (Å²) in [5, 5.41) is 9.95. The summed E-state index contributed by atoms with van der Waals surface area (Å²) in [7, 11) is 0. The molecule has 0 aromatic heterocycles. The van der Waals surface area contributed by atoms with Crippen LogP contribution in [0, 0.1) is 0 Å². The number of benzene rings is 1. The first-order valence-corrected chi connectivity index (χ1v) is 5.08. The molecule has 2 heteroatoms. The van der Waals surface area contributed by atoms with Crippen molar-refractivity contribution in [2.24, 2.45) is 5.73 Å². The molecule has 0 aliphatic carbocycles. The molecule has 1 aromatic rings. The summed E-state index contributed by atoms with van der Waals surface area (Å²) < 4.78 is 0. The fraction of sp³-hybridized carbons (Fsp3) is 0.500. The lowest BCUT2D eigenvalue weighted by Crippen LogP contribution is -2.18. The highest BCUT2D eigenvalue weighted by Gasteiger charge is 2.10. The van der Waals surface area contributed by atoms with Crippen molar-refractivity contribution in [3.63, 3.8) is 0 Å². The molecule has 2 nitrogen and oxygen atoms in total. The van der Waals surface area contributed by atoms with Crippen LogP contribution in [0.2, 0.25) is 0 Å². The lowest BCUT2D eigenvalue weighted by atomic mass is 9.96. The summed E-state index contributed by atoms with van der Waals surface area (Å²) in [6, 6.07) is 5.96. The fourth-order valence-corrected chi connectivity index (χ4v) is 1.59. The van der Waals surface area contributed by atoms with E-state index in [0.29, 0.717) is 11.7 Å². The largest absolute Gasteiger partial charge is 0.507 e. The number of rotatable bonds is 3. The van der Waals surface area contributed by atoms with Gasteiger partial charge in [0.05, 0.1) is 0 Å². The van der Waals surface area contributed by atoms with E-state index in [-0.39, 0.29) is 6.04 Å². The van der Waals surface area contributed by atoms with Crippen molar-refractivity contribution in [1.82, 2.24) is 0 Å². The van der Waals surface area contributed by atoms with Gasteiger partial charge in [0.25, 0.3) is 0 Å². The maximum Gasteiger partial charge on any atom is 0.122 e. The number of hydrogen-bond acceptors (Lipinski definition) is 2. The zero-order valence-electron chi connectivity index (χ0n) is 9.12. The molecule has 0 saturated carbocycles. The van der Waals surface area contributed by atoms with Crippen molar-refractivity contribution < 1.29 is 5.11 Å². The van der Waals surface area contributed by atoms with Crippen molar-refractivity contribution in [2.75, 3.05) is 0 Å². The predicted octanol–water partition coefficient (Wildman–Crippen LogP) is 2.41. The molecule has 0 saturated heterocycles. The lowest BCUT2D eigenvalue weighted by molar-refractivity contribution is 0.455. The van der Waals surface area contributed by atoms with Crippen LogP contribution in [0.5, 0.6) is 5.75 Å². The topological polar surface area (TPSA) is 46.2 Å². The molecule has 14 heavy (non-hydrogen) atoms. The molecule has 0 amide bonds. The van der Waals surface area contributed by atoms with Crippen LogP contribution in [-0.2, 0) is 6.42 Å². The van der Waals surface area contributed by atoms with Gasteiger partial charge in [-0.15, -0.1) is 0 Å². The highest BCUT2D eigenvalue weighted by Crippen LogP contribution is 2.29. The fourth-order valence-electron chi connectivity index (χ4n) is 1.59. The van der Waals surface area contributed by atoms with E-state index in [2.05, 4.69) is 13.8 Å². The zero-order valence-corrected chi connectivity index (χ0v) is 9.12. The average molecular weight is 193 g/mol. The molecular weight excluding hydrogens is 174 g/mol. The Morgan fingerprint density at radius 2 is 1.93 bits per heavy atom. The Kier molecular flexibility index (Phi) is 3.53. The second-order valence-corrected chi connectivity index (χ2v) is 4.19. The summed E-state index contributed by atoms with van der Waals surface area (Å²) in [5.41, 5.74) is 7.66. The Bertz CT molecular complexity index is 305. The van der Waals surface area contributed by atoms with E-state index >= 15 is 0 Å². The van der Waals surface area contributed by atoms with E-state index in [9.17, 15) is 5.11 Å². The maximum absolute atomic E-state index is 9.95. The van der Waals surface area contributed by atoms with E-state index < -0.39 is 0 Å². The second kappa shape index (κ2) is 4.47. The minimum atomic E-state index is 0.0864. The first kappa shape index (κ1) is 11.1. The molecule has 3 N–H and O–H groups in total. The Morgan fingerprint density at radius 3 is 2.43 bits per heavy atom. The number of para-hydroxylation sites is 1. The molecule has 0 radical (unpaired) electrons. The Hall–Kier alpha value is -1.02. The standard InChI is InChI=1S/C12H19NO/c1-8(2)11-6-4-5-10(12(11)14)7-9(3)13/h4-6,8-9,14H,7,13H2,1-3H3. The van der Waals surface area contributed by atoms with Crippen LogP contribution in [-0.4, -0.2) is 11.1 Å². The number of aromatic hydroxyl groups is 1. The normalized spacial score (nSPS) is 13.2. The Labute approximate surface area is 85.8 Å². The molecule has 0 aliphatic rings. The van der Waals surface area contributed by atoms with Gasteiger partial charge in [-0.1, -0.05) is 32.0 Å². The van der Waals surface area contributed by atoms with E-state index in [1.165, 1.54) is 0 Å². The van der Waals surface area contributed by atoms with Crippen molar-refractivity contribution in [3.8, 4) is 5.75 Å². The van der Waals surface area contributed by atoms with Gasteiger partial charge in [0.15, 0.2) is 0 Å². The van der Waals surface area contributed by atoms with Gasteiger partial charge < -0.3 is 10.8 Å².